The van der Waals surface area contributed by atoms with Crippen LogP contribution < -0.4 is 0 Å². The van der Waals surface area contributed by atoms with Gasteiger partial charge in [0.15, 0.2) is 5.78 Å². The molecule has 1 aliphatic carbocycles. The van der Waals surface area contributed by atoms with Crippen LogP contribution in [0.5, 0.6) is 0 Å². The third kappa shape index (κ3) is 0.870. The summed E-state index contributed by atoms with van der Waals surface area (Å²) in [6.07, 6.45) is 4.94. The Morgan fingerprint density at radius 2 is 2.10 bits per heavy atom. The summed E-state index contributed by atoms with van der Waals surface area (Å²) >= 11 is 0. The zero-order valence-corrected chi connectivity index (χ0v) is 6.01. The smallest absolute Gasteiger partial charge is 0.164 e. The van der Waals surface area contributed by atoms with Crippen LogP contribution in [0.4, 0.5) is 0 Å². The molecule has 0 radical (unpaired) electrons. The molecule has 1 aliphatic heterocycles. The SMILES string of the molecule is O=C1COC2CCCCC12. The molecule has 2 nitrogen and oxygen atoms in total. The maximum atomic E-state index is 11.1. The van der Waals surface area contributed by atoms with Gasteiger partial charge in [0, 0.05) is 5.92 Å². The first kappa shape index (κ1) is 6.35. The number of hydrogen-bond acceptors (Lipinski definition) is 2. The average molecular weight is 140 g/mol. The van der Waals surface area contributed by atoms with Crippen molar-refractivity contribution < 1.29 is 9.53 Å². The molecule has 0 bridgehead atoms. The number of carbonyl (C=O) groups excluding carboxylic acids is 1. The Hall–Kier alpha value is -0.370. The second-order valence-corrected chi connectivity index (χ2v) is 3.21. The molecule has 2 rings (SSSR count). The molecule has 0 aromatic rings. The maximum absolute atomic E-state index is 11.1. The predicted octanol–water partition coefficient (Wildman–Crippen LogP) is 1.14. The molecule has 2 fully saturated rings. The number of fused-ring (bicyclic) bond motifs is 1. The van der Waals surface area contributed by atoms with Crippen LogP contribution in [0.3, 0.4) is 0 Å². The van der Waals surface area contributed by atoms with E-state index in [1.54, 1.807) is 0 Å². The average Bonchev–Trinajstić information content (AvgIpc) is 2.34. The largest absolute Gasteiger partial charge is 0.370 e. The molecule has 0 aromatic heterocycles. The summed E-state index contributed by atoms with van der Waals surface area (Å²) in [6, 6.07) is 0. The van der Waals surface area contributed by atoms with Gasteiger partial charge < -0.3 is 4.74 Å². The van der Waals surface area contributed by atoms with Crippen molar-refractivity contribution in [1.82, 2.24) is 0 Å². The first-order chi connectivity index (χ1) is 4.88. The van der Waals surface area contributed by atoms with E-state index in [2.05, 4.69) is 0 Å². The fourth-order valence-corrected chi connectivity index (χ4v) is 1.96. The van der Waals surface area contributed by atoms with Gasteiger partial charge in [-0.15, -0.1) is 0 Å². The molecule has 2 atom stereocenters. The molecule has 0 spiro atoms. The highest BCUT2D eigenvalue weighted by Crippen LogP contribution is 2.31. The lowest BCUT2D eigenvalue weighted by atomic mass is 9.86. The Morgan fingerprint density at radius 1 is 1.30 bits per heavy atom. The van der Waals surface area contributed by atoms with Gasteiger partial charge in [-0.3, -0.25) is 4.79 Å². The standard InChI is InChI=1S/C8H12O2/c9-7-5-10-8-4-2-1-3-6(7)8/h6,8H,1-5H2. The molecule has 1 saturated carbocycles. The maximum Gasteiger partial charge on any atom is 0.164 e. The van der Waals surface area contributed by atoms with E-state index in [0.717, 1.165) is 12.8 Å². The molecule has 56 valence electrons. The van der Waals surface area contributed by atoms with Crippen LogP contribution in [-0.4, -0.2) is 18.5 Å². The van der Waals surface area contributed by atoms with E-state index in [9.17, 15) is 4.79 Å². The zero-order chi connectivity index (χ0) is 6.97. The van der Waals surface area contributed by atoms with Gasteiger partial charge in [-0.1, -0.05) is 12.8 Å². The van der Waals surface area contributed by atoms with E-state index in [1.165, 1.54) is 12.8 Å². The van der Waals surface area contributed by atoms with Crippen LogP contribution in [0.15, 0.2) is 0 Å². The lowest BCUT2D eigenvalue weighted by Gasteiger charge is -2.21. The predicted molar refractivity (Wildman–Crippen MR) is 36.7 cm³/mol. The van der Waals surface area contributed by atoms with Crippen LogP contribution in [0.1, 0.15) is 25.7 Å². The molecule has 2 aliphatic rings. The van der Waals surface area contributed by atoms with E-state index in [-0.39, 0.29) is 5.92 Å². The Bertz CT molecular complexity index is 153. The Labute approximate surface area is 60.6 Å². The first-order valence-electron chi connectivity index (χ1n) is 4.02. The van der Waals surface area contributed by atoms with Gasteiger partial charge in [0.25, 0.3) is 0 Å². The molecule has 0 amide bonds. The molecular weight excluding hydrogens is 128 g/mol. The highest BCUT2D eigenvalue weighted by Gasteiger charge is 2.36. The van der Waals surface area contributed by atoms with Crippen molar-refractivity contribution >= 4 is 5.78 Å². The summed E-state index contributed by atoms with van der Waals surface area (Å²) in [6.45, 7) is 0.384. The van der Waals surface area contributed by atoms with Crippen molar-refractivity contribution in [3.8, 4) is 0 Å². The third-order valence-corrected chi connectivity index (χ3v) is 2.56. The van der Waals surface area contributed by atoms with Crippen LogP contribution in [0.25, 0.3) is 0 Å². The van der Waals surface area contributed by atoms with Gasteiger partial charge in [0.2, 0.25) is 0 Å². The number of rotatable bonds is 0. The quantitative estimate of drug-likeness (QED) is 0.504. The summed E-state index contributed by atoms with van der Waals surface area (Å²) in [5.41, 5.74) is 0. The van der Waals surface area contributed by atoms with E-state index in [4.69, 9.17) is 4.74 Å². The second kappa shape index (κ2) is 2.35. The normalized spacial score (nSPS) is 39.8. The minimum absolute atomic E-state index is 0.272. The van der Waals surface area contributed by atoms with Crippen LogP contribution >= 0.6 is 0 Å². The summed E-state index contributed by atoms with van der Waals surface area (Å²) in [7, 11) is 0. The van der Waals surface area contributed by atoms with Crippen molar-refractivity contribution in [2.24, 2.45) is 5.92 Å². The number of Topliss-reactive ketones (excluding diaryl/α,β-unsaturated/α-hetero) is 1. The fourth-order valence-electron chi connectivity index (χ4n) is 1.96. The monoisotopic (exact) mass is 140 g/mol. The van der Waals surface area contributed by atoms with Crippen molar-refractivity contribution in [2.45, 2.75) is 31.8 Å². The molecule has 10 heavy (non-hydrogen) atoms. The molecular formula is C8H12O2. The molecule has 2 unspecified atom stereocenters. The van der Waals surface area contributed by atoms with Gasteiger partial charge >= 0.3 is 0 Å². The summed E-state index contributed by atoms with van der Waals surface area (Å²) < 4.78 is 5.32. The van der Waals surface area contributed by atoms with Crippen molar-refractivity contribution in [3.63, 3.8) is 0 Å². The lowest BCUT2D eigenvalue weighted by Crippen LogP contribution is -2.23. The first-order valence-corrected chi connectivity index (χ1v) is 4.02. The number of ether oxygens (including phenoxy) is 1. The summed E-state index contributed by atoms with van der Waals surface area (Å²) in [5, 5.41) is 0. The van der Waals surface area contributed by atoms with Gasteiger partial charge in [-0.05, 0) is 12.8 Å². The third-order valence-electron chi connectivity index (χ3n) is 2.56. The number of carbonyl (C=O) groups is 1. The summed E-state index contributed by atoms with van der Waals surface area (Å²) in [4.78, 5) is 11.1. The molecule has 1 heterocycles. The zero-order valence-electron chi connectivity index (χ0n) is 6.01. The van der Waals surface area contributed by atoms with Crippen LogP contribution in [-0.2, 0) is 9.53 Å². The molecule has 0 N–H and O–H groups in total. The van der Waals surface area contributed by atoms with Gasteiger partial charge in [0.05, 0.1) is 6.10 Å². The molecule has 2 heteroatoms. The fraction of sp³-hybridized carbons (Fsp3) is 0.875. The molecule has 1 saturated heterocycles. The van der Waals surface area contributed by atoms with Crippen molar-refractivity contribution in [2.75, 3.05) is 6.61 Å². The summed E-state index contributed by atoms with van der Waals surface area (Å²) in [5.74, 6) is 0.610. The molecule has 0 aromatic carbocycles. The van der Waals surface area contributed by atoms with Crippen molar-refractivity contribution in [1.29, 1.82) is 0 Å². The van der Waals surface area contributed by atoms with Crippen LogP contribution in [0, 0.1) is 5.92 Å². The highest BCUT2D eigenvalue weighted by atomic mass is 16.5. The van der Waals surface area contributed by atoms with Crippen molar-refractivity contribution in [3.05, 3.63) is 0 Å². The highest BCUT2D eigenvalue weighted by molar-refractivity contribution is 5.84. The van der Waals surface area contributed by atoms with Gasteiger partial charge in [-0.25, -0.2) is 0 Å². The minimum Gasteiger partial charge on any atom is -0.370 e. The van der Waals surface area contributed by atoms with Gasteiger partial charge in [0.1, 0.15) is 6.61 Å². The lowest BCUT2D eigenvalue weighted by molar-refractivity contribution is -0.120. The van der Waals surface area contributed by atoms with E-state index in [0.29, 0.717) is 18.5 Å². The second-order valence-electron chi connectivity index (χ2n) is 3.21. The van der Waals surface area contributed by atoms with E-state index >= 15 is 0 Å². The Morgan fingerprint density at radius 3 is 2.90 bits per heavy atom. The van der Waals surface area contributed by atoms with Crippen LogP contribution in [0.2, 0.25) is 0 Å². The minimum atomic E-state index is 0.272. The van der Waals surface area contributed by atoms with Gasteiger partial charge in [-0.2, -0.15) is 0 Å². The Balaban J connectivity index is 2.08. The Kier molecular flexibility index (Phi) is 1.49. The van der Waals surface area contributed by atoms with E-state index < -0.39 is 0 Å². The van der Waals surface area contributed by atoms with E-state index in [1.807, 2.05) is 0 Å². The number of hydrogen-bond donors (Lipinski definition) is 0. The topological polar surface area (TPSA) is 26.3 Å². The number of ketones is 1.